The molecule has 7 heteroatoms. The van der Waals surface area contributed by atoms with Crippen molar-refractivity contribution in [3.8, 4) is 0 Å². The molecule has 0 saturated carbocycles. The Balaban J connectivity index is 1.66. The Hall–Kier alpha value is -1.40. The van der Waals surface area contributed by atoms with Gasteiger partial charge in [0, 0.05) is 26.1 Å². The fraction of sp³-hybridized carbons (Fsp3) is 0.462. The standard InChI is InChI=1S/C13H15ClN4OS/c1-17-8-15-16-12(17)9-2-5-18(6-3-9)13(19)10-4-7-20-11(10)14/h4,7-9H,2-3,5-6H2,1H3. The quantitative estimate of drug-likeness (QED) is 0.856. The molecule has 0 atom stereocenters. The smallest absolute Gasteiger partial charge is 0.256 e. The molecule has 2 aromatic heterocycles. The van der Waals surface area contributed by atoms with Crippen molar-refractivity contribution in [2.45, 2.75) is 18.8 Å². The van der Waals surface area contributed by atoms with Gasteiger partial charge in [0.15, 0.2) is 0 Å². The summed E-state index contributed by atoms with van der Waals surface area (Å²) >= 11 is 7.43. The molecule has 1 aliphatic heterocycles. The SMILES string of the molecule is Cn1cnnc1C1CCN(C(=O)c2ccsc2Cl)CC1. The van der Waals surface area contributed by atoms with Crippen LogP contribution in [0.4, 0.5) is 0 Å². The zero-order valence-electron chi connectivity index (χ0n) is 11.1. The number of carbonyl (C=O) groups excluding carboxylic acids is 1. The number of carbonyl (C=O) groups is 1. The highest BCUT2D eigenvalue weighted by Gasteiger charge is 2.27. The van der Waals surface area contributed by atoms with Crippen LogP contribution in [0.1, 0.15) is 34.9 Å². The maximum absolute atomic E-state index is 12.4. The average molecular weight is 311 g/mol. The molecule has 20 heavy (non-hydrogen) atoms. The van der Waals surface area contributed by atoms with E-state index in [-0.39, 0.29) is 5.91 Å². The molecule has 106 valence electrons. The Kier molecular flexibility index (Phi) is 3.76. The van der Waals surface area contributed by atoms with Crippen LogP contribution in [0.5, 0.6) is 0 Å². The summed E-state index contributed by atoms with van der Waals surface area (Å²) in [5, 5.41) is 9.93. The van der Waals surface area contributed by atoms with Crippen molar-refractivity contribution in [3.05, 3.63) is 33.5 Å². The van der Waals surface area contributed by atoms with E-state index in [0.29, 0.717) is 15.8 Å². The van der Waals surface area contributed by atoms with Gasteiger partial charge < -0.3 is 9.47 Å². The van der Waals surface area contributed by atoms with E-state index in [1.807, 2.05) is 21.9 Å². The molecule has 0 bridgehead atoms. The molecule has 0 aromatic carbocycles. The second-order valence-corrected chi connectivity index (χ2v) is 6.49. The lowest BCUT2D eigenvalue weighted by Crippen LogP contribution is -2.38. The summed E-state index contributed by atoms with van der Waals surface area (Å²) < 4.78 is 2.53. The number of nitrogens with zero attached hydrogens (tertiary/aromatic N) is 4. The highest BCUT2D eigenvalue weighted by molar-refractivity contribution is 7.14. The molecule has 0 aliphatic carbocycles. The van der Waals surface area contributed by atoms with Gasteiger partial charge in [0.25, 0.3) is 5.91 Å². The summed E-state index contributed by atoms with van der Waals surface area (Å²) in [5.74, 6) is 1.42. The van der Waals surface area contributed by atoms with E-state index in [1.165, 1.54) is 11.3 Å². The first-order valence-corrected chi connectivity index (χ1v) is 7.78. The first-order chi connectivity index (χ1) is 9.66. The predicted molar refractivity (Wildman–Crippen MR) is 78.2 cm³/mol. The highest BCUT2D eigenvalue weighted by atomic mass is 35.5. The average Bonchev–Trinajstić information content (AvgIpc) is 3.07. The lowest BCUT2D eigenvalue weighted by molar-refractivity contribution is 0.0711. The third-order valence-corrected chi connectivity index (χ3v) is 4.91. The molecule has 0 N–H and O–H groups in total. The lowest BCUT2D eigenvalue weighted by atomic mass is 9.95. The van der Waals surface area contributed by atoms with Crippen LogP contribution in [0, 0.1) is 0 Å². The van der Waals surface area contributed by atoms with Crippen LogP contribution in [0.2, 0.25) is 4.34 Å². The Morgan fingerprint density at radius 1 is 1.45 bits per heavy atom. The van der Waals surface area contributed by atoms with Gasteiger partial charge in [-0.3, -0.25) is 4.79 Å². The lowest BCUT2D eigenvalue weighted by Gasteiger charge is -2.31. The van der Waals surface area contributed by atoms with Crippen molar-refractivity contribution in [1.82, 2.24) is 19.7 Å². The van der Waals surface area contributed by atoms with Gasteiger partial charge in [0.2, 0.25) is 0 Å². The molecule has 2 aromatic rings. The minimum atomic E-state index is 0.0349. The van der Waals surface area contributed by atoms with Gasteiger partial charge >= 0.3 is 0 Å². The number of aryl methyl sites for hydroxylation is 1. The normalized spacial score (nSPS) is 16.6. The topological polar surface area (TPSA) is 51.0 Å². The minimum Gasteiger partial charge on any atom is -0.339 e. The third-order valence-electron chi connectivity index (χ3n) is 3.74. The maximum atomic E-state index is 12.4. The molecule has 0 radical (unpaired) electrons. The van der Waals surface area contributed by atoms with E-state index in [4.69, 9.17) is 11.6 Å². The Bertz CT molecular complexity index is 615. The fourth-order valence-corrected chi connectivity index (χ4v) is 3.52. The van der Waals surface area contributed by atoms with Gasteiger partial charge in [0.1, 0.15) is 16.5 Å². The molecular formula is C13H15ClN4OS. The van der Waals surface area contributed by atoms with Crippen LogP contribution in [0.25, 0.3) is 0 Å². The summed E-state index contributed by atoms with van der Waals surface area (Å²) in [6.07, 6.45) is 3.55. The molecule has 0 spiro atoms. The molecular weight excluding hydrogens is 296 g/mol. The summed E-state index contributed by atoms with van der Waals surface area (Å²) in [6, 6.07) is 1.80. The number of amides is 1. The van der Waals surface area contributed by atoms with Gasteiger partial charge in [-0.15, -0.1) is 21.5 Å². The Morgan fingerprint density at radius 2 is 2.20 bits per heavy atom. The summed E-state index contributed by atoms with van der Waals surface area (Å²) in [6.45, 7) is 1.48. The largest absolute Gasteiger partial charge is 0.339 e. The van der Waals surface area contributed by atoms with Crippen LogP contribution < -0.4 is 0 Å². The zero-order valence-corrected chi connectivity index (χ0v) is 12.7. The molecule has 3 rings (SSSR count). The van der Waals surface area contributed by atoms with Gasteiger partial charge in [0.05, 0.1) is 5.56 Å². The monoisotopic (exact) mass is 310 g/mol. The first-order valence-electron chi connectivity index (χ1n) is 6.53. The van der Waals surface area contributed by atoms with Crippen molar-refractivity contribution < 1.29 is 4.79 Å². The predicted octanol–water partition coefficient (Wildman–Crippen LogP) is 2.55. The van der Waals surface area contributed by atoms with Crippen molar-refractivity contribution >= 4 is 28.8 Å². The number of piperidine rings is 1. The van der Waals surface area contributed by atoms with Gasteiger partial charge in [-0.05, 0) is 24.3 Å². The second kappa shape index (κ2) is 5.54. The van der Waals surface area contributed by atoms with Crippen LogP contribution in [-0.2, 0) is 7.05 Å². The summed E-state index contributed by atoms with van der Waals surface area (Å²) in [5.41, 5.74) is 0.619. The first kappa shape index (κ1) is 13.6. The van der Waals surface area contributed by atoms with Gasteiger partial charge in [-0.1, -0.05) is 11.6 Å². The van der Waals surface area contributed by atoms with E-state index in [0.717, 1.165) is 31.8 Å². The van der Waals surface area contributed by atoms with E-state index in [2.05, 4.69) is 10.2 Å². The number of hydrogen-bond donors (Lipinski definition) is 0. The Labute approximate surface area is 126 Å². The highest BCUT2D eigenvalue weighted by Crippen LogP contribution is 2.29. The zero-order chi connectivity index (χ0) is 14.1. The number of hydrogen-bond acceptors (Lipinski definition) is 4. The number of aromatic nitrogens is 3. The maximum Gasteiger partial charge on any atom is 0.256 e. The van der Waals surface area contributed by atoms with Crippen molar-refractivity contribution in [2.75, 3.05) is 13.1 Å². The second-order valence-electron chi connectivity index (χ2n) is 4.97. The van der Waals surface area contributed by atoms with Crippen LogP contribution >= 0.6 is 22.9 Å². The van der Waals surface area contributed by atoms with Crippen LogP contribution in [0.3, 0.4) is 0 Å². The van der Waals surface area contributed by atoms with E-state index in [9.17, 15) is 4.79 Å². The number of likely N-dealkylation sites (tertiary alicyclic amines) is 1. The molecule has 1 aliphatic rings. The number of halogens is 1. The molecule has 1 amide bonds. The van der Waals surface area contributed by atoms with Crippen molar-refractivity contribution in [1.29, 1.82) is 0 Å². The van der Waals surface area contributed by atoms with Crippen molar-refractivity contribution in [3.63, 3.8) is 0 Å². The van der Waals surface area contributed by atoms with E-state index in [1.54, 1.807) is 12.4 Å². The van der Waals surface area contributed by atoms with E-state index < -0.39 is 0 Å². The molecule has 1 fully saturated rings. The third kappa shape index (κ3) is 2.45. The number of rotatable bonds is 2. The Morgan fingerprint density at radius 3 is 2.75 bits per heavy atom. The molecule has 0 unspecified atom stereocenters. The van der Waals surface area contributed by atoms with Crippen molar-refractivity contribution in [2.24, 2.45) is 7.05 Å². The van der Waals surface area contributed by atoms with Crippen LogP contribution in [0.15, 0.2) is 17.8 Å². The van der Waals surface area contributed by atoms with Gasteiger partial charge in [-0.2, -0.15) is 0 Å². The molecule has 3 heterocycles. The molecule has 5 nitrogen and oxygen atoms in total. The van der Waals surface area contributed by atoms with Crippen LogP contribution in [-0.4, -0.2) is 38.7 Å². The number of thiophene rings is 1. The van der Waals surface area contributed by atoms with Gasteiger partial charge in [-0.25, -0.2) is 0 Å². The molecule has 1 saturated heterocycles. The van der Waals surface area contributed by atoms with E-state index >= 15 is 0 Å². The minimum absolute atomic E-state index is 0.0349. The summed E-state index contributed by atoms with van der Waals surface area (Å²) in [4.78, 5) is 14.2. The fourth-order valence-electron chi connectivity index (χ4n) is 2.62. The summed E-state index contributed by atoms with van der Waals surface area (Å²) in [7, 11) is 1.96.